The maximum absolute atomic E-state index is 12.1. The van der Waals surface area contributed by atoms with Gasteiger partial charge >= 0.3 is 0 Å². The van der Waals surface area contributed by atoms with E-state index in [9.17, 15) is 4.79 Å². The van der Waals surface area contributed by atoms with E-state index in [2.05, 4.69) is 16.3 Å². The van der Waals surface area contributed by atoms with Crippen molar-refractivity contribution < 1.29 is 4.79 Å². The van der Waals surface area contributed by atoms with Gasteiger partial charge < -0.3 is 10.6 Å². The summed E-state index contributed by atoms with van der Waals surface area (Å²) in [6, 6.07) is 4.27. The van der Waals surface area contributed by atoms with Gasteiger partial charge in [-0.3, -0.25) is 9.69 Å². The predicted molar refractivity (Wildman–Crippen MR) is 81.2 cm³/mol. The highest BCUT2D eigenvalue weighted by atomic mass is 32.1. The van der Waals surface area contributed by atoms with Crippen LogP contribution in [0.2, 0.25) is 0 Å². The Morgan fingerprint density at radius 1 is 1.42 bits per heavy atom. The number of carbonyl (C=O) groups is 1. The van der Waals surface area contributed by atoms with Crippen LogP contribution in [0.1, 0.15) is 25.1 Å². The molecule has 0 saturated heterocycles. The number of likely N-dealkylation sites (N-methyl/N-ethyl adjacent to an activating group) is 1. The lowest BCUT2D eigenvalue weighted by atomic mass is 10.1. The summed E-state index contributed by atoms with van der Waals surface area (Å²) in [6.07, 6.45) is 0.500. The fraction of sp³-hybridized carbons (Fsp3) is 0.643. The van der Waals surface area contributed by atoms with Gasteiger partial charge in [0.05, 0.1) is 0 Å². The molecule has 4 nitrogen and oxygen atoms in total. The molecule has 1 aromatic rings. The minimum atomic E-state index is 0.107. The highest BCUT2D eigenvalue weighted by Crippen LogP contribution is 2.14. The maximum atomic E-state index is 12.1. The van der Waals surface area contributed by atoms with E-state index in [1.54, 1.807) is 11.3 Å². The summed E-state index contributed by atoms with van der Waals surface area (Å²) in [5.41, 5.74) is 5.82. The molecule has 19 heavy (non-hydrogen) atoms. The van der Waals surface area contributed by atoms with Gasteiger partial charge in [0.15, 0.2) is 0 Å². The molecule has 0 aliphatic carbocycles. The SMILES string of the molecule is CCN(CC)C(=O)CC(CN)N(C)Cc1cccs1. The largest absolute Gasteiger partial charge is 0.343 e. The Balaban J connectivity index is 2.54. The Morgan fingerprint density at radius 3 is 2.58 bits per heavy atom. The molecule has 5 heteroatoms. The van der Waals surface area contributed by atoms with E-state index >= 15 is 0 Å². The van der Waals surface area contributed by atoms with Crippen LogP contribution in [0, 0.1) is 0 Å². The van der Waals surface area contributed by atoms with Gasteiger partial charge in [0.25, 0.3) is 0 Å². The van der Waals surface area contributed by atoms with Crippen molar-refractivity contribution in [1.29, 1.82) is 0 Å². The molecular formula is C14H25N3OS. The first-order valence-electron chi connectivity index (χ1n) is 6.82. The van der Waals surface area contributed by atoms with Crippen molar-refractivity contribution >= 4 is 17.2 Å². The topological polar surface area (TPSA) is 49.6 Å². The van der Waals surface area contributed by atoms with E-state index < -0.39 is 0 Å². The molecule has 0 radical (unpaired) electrons. The number of hydrogen-bond donors (Lipinski definition) is 1. The Bertz CT molecular complexity index is 363. The zero-order valence-electron chi connectivity index (χ0n) is 12.1. The van der Waals surface area contributed by atoms with Crippen molar-refractivity contribution in [1.82, 2.24) is 9.80 Å². The molecule has 1 unspecified atom stereocenters. The van der Waals surface area contributed by atoms with E-state index in [1.165, 1.54) is 4.88 Å². The van der Waals surface area contributed by atoms with Crippen LogP contribution in [0.15, 0.2) is 17.5 Å². The van der Waals surface area contributed by atoms with Gasteiger partial charge in [0, 0.05) is 43.5 Å². The Labute approximate surface area is 120 Å². The number of nitrogens with two attached hydrogens (primary N) is 1. The van der Waals surface area contributed by atoms with Gasteiger partial charge in [-0.15, -0.1) is 11.3 Å². The van der Waals surface area contributed by atoms with Crippen LogP contribution in [-0.2, 0) is 11.3 Å². The smallest absolute Gasteiger partial charge is 0.224 e. The number of amides is 1. The molecule has 0 aliphatic rings. The van der Waals surface area contributed by atoms with E-state index in [-0.39, 0.29) is 11.9 Å². The number of thiophene rings is 1. The van der Waals surface area contributed by atoms with Crippen LogP contribution >= 0.6 is 11.3 Å². The molecule has 0 aromatic carbocycles. The van der Waals surface area contributed by atoms with Gasteiger partial charge in [-0.1, -0.05) is 6.07 Å². The average molecular weight is 283 g/mol. The van der Waals surface area contributed by atoms with Crippen LogP contribution in [-0.4, -0.2) is 48.4 Å². The molecule has 0 spiro atoms. The first-order valence-corrected chi connectivity index (χ1v) is 7.70. The molecule has 1 rings (SSSR count). The quantitative estimate of drug-likeness (QED) is 0.791. The van der Waals surface area contributed by atoms with Crippen LogP contribution in [0.3, 0.4) is 0 Å². The Hall–Kier alpha value is -0.910. The van der Waals surface area contributed by atoms with Gasteiger partial charge in [-0.2, -0.15) is 0 Å². The second-order valence-electron chi connectivity index (χ2n) is 4.65. The van der Waals surface area contributed by atoms with E-state index in [1.807, 2.05) is 31.9 Å². The first kappa shape index (κ1) is 16.1. The molecule has 1 amide bonds. The van der Waals surface area contributed by atoms with Crippen LogP contribution in [0.5, 0.6) is 0 Å². The standard InChI is InChI=1S/C14H25N3OS/c1-4-17(5-2)14(18)9-12(10-15)16(3)11-13-7-6-8-19-13/h6-8,12H,4-5,9-11,15H2,1-3H3. The minimum Gasteiger partial charge on any atom is -0.343 e. The zero-order valence-corrected chi connectivity index (χ0v) is 12.9. The average Bonchev–Trinajstić information content (AvgIpc) is 2.90. The van der Waals surface area contributed by atoms with Gasteiger partial charge in [-0.25, -0.2) is 0 Å². The van der Waals surface area contributed by atoms with Crippen LogP contribution in [0.4, 0.5) is 0 Å². The summed E-state index contributed by atoms with van der Waals surface area (Å²) in [5.74, 6) is 0.193. The van der Waals surface area contributed by atoms with Crippen molar-refractivity contribution in [3.05, 3.63) is 22.4 Å². The summed E-state index contributed by atoms with van der Waals surface area (Å²) in [5, 5.41) is 2.07. The number of hydrogen-bond acceptors (Lipinski definition) is 4. The van der Waals surface area contributed by atoms with Crippen molar-refractivity contribution in [2.45, 2.75) is 32.9 Å². The number of carbonyl (C=O) groups excluding carboxylic acids is 1. The van der Waals surface area contributed by atoms with E-state index in [4.69, 9.17) is 5.73 Å². The minimum absolute atomic E-state index is 0.107. The van der Waals surface area contributed by atoms with Crippen molar-refractivity contribution in [2.75, 3.05) is 26.7 Å². The van der Waals surface area contributed by atoms with Crippen molar-refractivity contribution in [3.8, 4) is 0 Å². The second-order valence-corrected chi connectivity index (χ2v) is 5.69. The molecular weight excluding hydrogens is 258 g/mol. The van der Waals surface area contributed by atoms with Gasteiger partial charge in [0.1, 0.15) is 0 Å². The van der Waals surface area contributed by atoms with Gasteiger partial charge in [0.2, 0.25) is 5.91 Å². The summed E-state index contributed by atoms with van der Waals surface area (Å²) >= 11 is 1.74. The fourth-order valence-corrected chi connectivity index (χ4v) is 2.87. The highest BCUT2D eigenvalue weighted by molar-refractivity contribution is 7.09. The first-order chi connectivity index (χ1) is 9.12. The second kappa shape index (κ2) is 8.30. The Kier molecular flexibility index (Phi) is 7.05. The molecule has 2 N–H and O–H groups in total. The third-order valence-electron chi connectivity index (χ3n) is 3.41. The van der Waals surface area contributed by atoms with Crippen LogP contribution in [0.25, 0.3) is 0 Å². The molecule has 0 saturated carbocycles. The third kappa shape index (κ3) is 4.93. The lowest BCUT2D eigenvalue weighted by Crippen LogP contribution is -2.42. The van der Waals surface area contributed by atoms with E-state index in [0.717, 1.165) is 19.6 Å². The molecule has 0 bridgehead atoms. The van der Waals surface area contributed by atoms with Crippen molar-refractivity contribution in [2.24, 2.45) is 5.73 Å². The molecule has 108 valence electrons. The lowest BCUT2D eigenvalue weighted by molar-refractivity contribution is -0.132. The number of rotatable bonds is 8. The van der Waals surface area contributed by atoms with Crippen LogP contribution < -0.4 is 5.73 Å². The summed E-state index contributed by atoms with van der Waals surface area (Å²) < 4.78 is 0. The van der Waals surface area contributed by atoms with Gasteiger partial charge in [-0.05, 0) is 32.3 Å². The molecule has 1 heterocycles. The summed E-state index contributed by atoms with van der Waals surface area (Å²) in [7, 11) is 2.03. The predicted octanol–water partition coefficient (Wildman–Crippen LogP) is 1.77. The molecule has 1 aromatic heterocycles. The van der Waals surface area contributed by atoms with Crippen molar-refractivity contribution in [3.63, 3.8) is 0 Å². The third-order valence-corrected chi connectivity index (χ3v) is 4.27. The Morgan fingerprint density at radius 2 is 2.11 bits per heavy atom. The monoisotopic (exact) mass is 283 g/mol. The highest BCUT2D eigenvalue weighted by Gasteiger charge is 2.20. The summed E-state index contributed by atoms with van der Waals surface area (Å²) in [4.78, 5) is 17.5. The van der Waals surface area contributed by atoms with E-state index in [0.29, 0.717) is 13.0 Å². The lowest BCUT2D eigenvalue weighted by Gasteiger charge is -2.28. The molecule has 0 aliphatic heterocycles. The summed E-state index contributed by atoms with van der Waals surface area (Å²) in [6.45, 7) is 6.91. The zero-order chi connectivity index (χ0) is 14.3. The normalized spacial score (nSPS) is 12.7. The molecule has 0 fully saturated rings. The molecule has 1 atom stereocenters. The maximum Gasteiger partial charge on any atom is 0.224 e. The fourth-order valence-electron chi connectivity index (χ4n) is 2.10. The number of nitrogens with zero attached hydrogens (tertiary/aromatic N) is 2.